The summed E-state index contributed by atoms with van der Waals surface area (Å²) in [7, 11) is 0. The lowest BCUT2D eigenvalue weighted by Crippen LogP contribution is -2.14. The lowest BCUT2D eigenvalue weighted by atomic mass is 10.2. The van der Waals surface area contributed by atoms with E-state index in [0.29, 0.717) is 0 Å². The molecule has 0 fully saturated rings. The van der Waals surface area contributed by atoms with Crippen LogP contribution in [0.25, 0.3) is 0 Å². The smallest absolute Gasteiger partial charge is 0.135 e. The molecule has 0 amide bonds. The number of aromatic nitrogens is 1. The van der Waals surface area contributed by atoms with Crippen molar-refractivity contribution in [3.8, 4) is 11.5 Å². The average Bonchev–Trinajstić information content (AvgIpc) is 2.44. The third kappa shape index (κ3) is 3.95. The van der Waals surface area contributed by atoms with Gasteiger partial charge in [0.1, 0.15) is 11.5 Å². The molecule has 2 aromatic rings. The van der Waals surface area contributed by atoms with Crippen molar-refractivity contribution in [3.63, 3.8) is 0 Å². The second kappa shape index (κ2) is 7.27. The number of hydrogen-bond acceptors (Lipinski definition) is 3. The standard InChI is InChI=1S/C16H19ClN2O/c1-3-7-18-10-13-11-19-8-6-16(13)20-15-5-4-14(17)9-12(15)2/h4-6,8-9,11,18H,3,7,10H2,1-2H3. The first-order chi connectivity index (χ1) is 9.70. The molecule has 1 aromatic heterocycles. The summed E-state index contributed by atoms with van der Waals surface area (Å²) in [5, 5.41) is 4.08. The van der Waals surface area contributed by atoms with E-state index in [1.807, 2.05) is 37.4 Å². The van der Waals surface area contributed by atoms with Gasteiger partial charge in [0.25, 0.3) is 0 Å². The van der Waals surface area contributed by atoms with Gasteiger partial charge in [0.05, 0.1) is 0 Å². The van der Waals surface area contributed by atoms with Gasteiger partial charge in [-0.1, -0.05) is 18.5 Å². The summed E-state index contributed by atoms with van der Waals surface area (Å²) in [5.41, 5.74) is 2.07. The first kappa shape index (κ1) is 14.8. The third-order valence-corrected chi connectivity index (χ3v) is 3.19. The Kier molecular flexibility index (Phi) is 5.39. The molecule has 20 heavy (non-hydrogen) atoms. The average molecular weight is 291 g/mol. The molecule has 1 aromatic carbocycles. The molecule has 0 bridgehead atoms. The van der Waals surface area contributed by atoms with E-state index in [4.69, 9.17) is 16.3 Å². The van der Waals surface area contributed by atoms with Crippen LogP contribution in [0.2, 0.25) is 5.02 Å². The Bertz CT molecular complexity index is 572. The summed E-state index contributed by atoms with van der Waals surface area (Å²) in [6, 6.07) is 7.51. The van der Waals surface area contributed by atoms with Crippen molar-refractivity contribution in [2.75, 3.05) is 6.54 Å². The summed E-state index contributed by atoms with van der Waals surface area (Å²) < 4.78 is 5.99. The molecule has 0 saturated carbocycles. The van der Waals surface area contributed by atoms with Crippen molar-refractivity contribution in [3.05, 3.63) is 52.8 Å². The Morgan fingerprint density at radius 3 is 2.85 bits per heavy atom. The van der Waals surface area contributed by atoms with Gasteiger partial charge in [-0.25, -0.2) is 0 Å². The highest BCUT2D eigenvalue weighted by Gasteiger charge is 2.07. The van der Waals surface area contributed by atoms with Gasteiger partial charge in [-0.3, -0.25) is 4.98 Å². The second-order valence-corrected chi connectivity index (χ2v) is 5.11. The van der Waals surface area contributed by atoms with Crippen LogP contribution < -0.4 is 10.1 Å². The fourth-order valence-corrected chi connectivity index (χ4v) is 2.12. The maximum absolute atomic E-state index is 5.99. The molecule has 0 spiro atoms. The number of benzene rings is 1. The zero-order valence-corrected chi connectivity index (χ0v) is 12.6. The molecular formula is C16H19ClN2O. The van der Waals surface area contributed by atoms with Crippen molar-refractivity contribution in [1.82, 2.24) is 10.3 Å². The number of ether oxygens (including phenoxy) is 1. The predicted molar refractivity (Wildman–Crippen MR) is 82.5 cm³/mol. The maximum Gasteiger partial charge on any atom is 0.135 e. The quantitative estimate of drug-likeness (QED) is 0.804. The van der Waals surface area contributed by atoms with Gasteiger partial charge in [0.2, 0.25) is 0 Å². The fraction of sp³-hybridized carbons (Fsp3) is 0.312. The molecule has 2 rings (SSSR count). The number of nitrogens with zero attached hydrogens (tertiary/aromatic N) is 1. The van der Waals surface area contributed by atoms with Gasteiger partial charge in [-0.2, -0.15) is 0 Å². The van der Waals surface area contributed by atoms with Crippen molar-refractivity contribution >= 4 is 11.6 Å². The molecule has 0 aliphatic heterocycles. The van der Waals surface area contributed by atoms with Crippen LogP contribution in [-0.2, 0) is 6.54 Å². The summed E-state index contributed by atoms with van der Waals surface area (Å²) in [4.78, 5) is 4.16. The Hall–Kier alpha value is -1.58. The van der Waals surface area contributed by atoms with Crippen LogP contribution >= 0.6 is 11.6 Å². The molecule has 0 radical (unpaired) electrons. The third-order valence-electron chi connectivity index (χ3n) is 2.96. The van der Waals surface area contributed by atoms with Crippen molar-refractivity contribution < 1.29 is 4.74 Å². The van der Waals surface area contributed by atoms with Crippen molar-refractivity contribution in [2.24, 2.45) is 0 Å². The fourth-order valence-electron chi connectivity index (χ4n) is 1.89. The van der Waals surface area contributed by atoms with E-state index in [1.165, 1.54) is 0 Å². The minimum Gasteiger partial charge on any atom is -0.457 e. The monoisotopic (exact) mass is 290 g/mol. The van der Waals surface area contributed by atoms with E-state index in [0.717, 1.165) is 47.2 Å². The Labute approximate surface area is 124 Å². The Morgan fingerprint density at radius 1 is 1.25 bits per heavy atom. The highest BCUT2D eigenvalue weighted by atomic mass is 35.5. The van der Waals surface area contributed by atoms with Crippen LogP contribution in [0.4, 0.5) is 0 Å². The van der Waals surface area contributed by atoms with Crippen LogP contribution in [0, 0.1) is 6.92 Å². The topological polar surface area (TPSA) is 34.2 Å². The molecule has 3 nitrogen and oxygen atoms in total. The van der Waals surface area contributed by atoms with Gasteiger partial charge >= 0.3 is 0 Å². The number of hydrogen-bond donors (Lipinski definition) is 1. The van der Waals surface area contributed by atoms with Crippen molar-refractivity contribution in [1.29, 1.82) is 0 Å². The number of rotatable bonds is 6. The maximum atomic E-state index is 5.99. The van der Waals surface area contributed by atoms with Crippen LogP contribution in [0.1, 0.15) is 24.5 Å². The number of aryl methyl sites for hydroxylation is 1. The lowest BCUT2D eigenvalue weighted by Gasteiger charge is -2.13. The zero-order chi connectivity index (χ0) is 14.4. The normalized spacial score (nSPS) is 10.6. The van der Waals surface area contributed by atoms with E-state index in [1.54, 1.807) is 6.20 Å². The van der Waals surface area contributed by atoms with Gasteiger partial charge in [0, 0.05) is 29.5 Å². The summed E-state index contributed by atoms with van der Waals surface area (Å²) in [6.45, 7) is 5.86. The molecule has 106 valence electrons. The number of halogens is 1. The van der Waals surface area contributed by atoms with Gasteiger partial charge in [-0.15, -0.1) is 0 Å². The summed E-state index contributed by atoms with van der Waals surface area (Å²) in [6.07, 6.45) is 4.68. The largest absolute Gasteiger partial charge is 0.457 e. The Balaban J connectivity index is 2.16. The van der Waals surface area contributed by atoms with E-state index in [2.05, 4.69) is 17.2 Å². The molecule has 1 heterocycles. The van der Waals surface area contributed by atoms with E-state index in [-0.39, 0.29) is 0 Å². The molecule has 4 heteroatoms. The van der Waals surface area contributed by atoms with E-state index < -0.39 is 0 Å². The van der Waals surface area contributed by atoms with E-state index >= 15 is 0 Å². The summed E-state index contributed by atoms with van der Waals surface area (Å²) >= 11 is 5.96. The van der Waals surface area contributed by atoms with E-state index in [9.17, 15) is 0 Å². The predicted octanol–water partition coefficient (Wildman–Crippen LogP) is 4.34. The first-order valence-corrected chi connectivity index (χ1v) is 7.16. The number of nitrogens with one attached hydrogen (secondary N) is 1. The lowest BCUT2D eigenvalue weighted by molar-refractivity contribution is 0.468. The van der Waals surface area contributed by atoms with Gasteiger partial charge < -0.3 is 10.1 Å². The molecule has 0 aliphatic rings. The van der Waals surface area contributed by atoms with Gasteiger partial charge in [0.15, 0.2) is 0 Å². The zero-order valence-electron chi connectivity index (χ0n) is 11.8. The molecule has 0 saturated heterocycles. The van der Waals surface area contributed by atoms with Crippen LogP contribution in [0.15, 0.2) is 36.7 Å². The molecule has 0 aliphatic carbocycles. The molecule has 0 atom stereocenters. The second-order valence-electron chi connectivity index (χ2n) is 4.67. The molecule has 0 unspecified atom stereocenters. The highest BCUT2D eigenvalue weighted by Crippen LogP contribution is 2.29. The Morgan fingerprint density at radius 2 is 2.10 bits per heavy atom. The van der Waals surface area contributed by atoms with Crippen LogP contribution in [0.5, 0.6) is 11.5 Å². The van der Waals surface area contributed by atoms with Crippen LogP contribution in [0.3, 0.4) is 0 Å². The van der Waals surface area contributed by atoms with Crippen LogP contribution in [-0.4, -0.2) is 11.5 Å². The van der Waals surface area contributed by atoms with Crippen molar-refractivity contribution in [2.45, 2.75) is 26.8 Å². The van der Waals surface area contributed by atoms with Gasteiger partial charge in [-0.05, 0) is 49.7 Å². The summed E-state index contributed by atoms with van der Waals surface area (Å²) in [5.74, 6) is 1.64. The molecule has 1 N–H and O–H groups in total. The SMILES string of the molecule is CCCNCc1cnccc1Oc1ccc(Cl)cc1C. The number of pyridine rings is 1. The minimum atomic E-state index is 0.717. The first-order valence-electron chi connectivity index (χ1n) is 6.78. The highest BCUT2D eigenvalue weighted by molar-refractivity contribution is 6.30. The minimum absolute atomic E-state index is 0.717. The molecular weight excluding hydrogens is 272 g/mol.